The Morgan fingerprint density at radius 2 is 1.43 bits per heavy atom. The minimum absolute atomic E-state index is 0.0835. The maximum Gasteiger partial charge on any atom is 0.251 e. The van der Waals surface area contributed by atoms with Crippen LogP contribution in [0.25, 0.3) is 0 Å². The monoisotopic (exact) mass is 323 g/mol. The van der Waals surface area contributed by atoms with Crippen LogP contribution in [-0.2, 0) is 0 Å². The number of ether oxygens (including phenoxy) is 3. The number of hydrogen-bond acceptors (Lipinski definition) is 4. The van der Waals surface area contributed by atoms with Crippen molar-refractivity contribution in [3.05, 3.63) is 17.7 Å². The van der Waals surface area contributed by atoms with Gasteiger partial charge in [0.1, 0.15) is 0 Å². The molecule has 0 saturated carbocycles. The van der Waals surface area contributed by atoms with Crippen LogP contribution in [0.2, 0.25) is 0 Å². The van der Waals surface area contributed by atoms with Crippen molar-refractivity contribution in [2.45, 2.75) is 47.6 Å². The second kappa shape index (κ2) is 9.28. The average Bonchev–Trinajstić information content (AvgIpc) is 2.50. The molecule has 1 amide bonds. The predicted molar refractivity (Wildman–Crippen MR) is 91.7 cm³/mol. The lowest BCUT2D eigenvalue weighted by Crippen LogP contribution is -2.36. The van der Waals surface area contributed by atoms with E-state index in [9.17, 15) is 4.79 Å². The van der Waals surface area contributed by atoms with E-state index >= 15 is 0 Å². The SMILES string of the molecule is CCOc1cc(C(=O)N[C@H](C)C(C)C)cc(OCC)c1OCC. The standard InChI is InChI=1S/C18H29NO4/c1-7-21-15-10-14(18(20)19-13(6)12(4)5)11-16(22-8-2)17(15)23-9-3/h10-13H,7-9H2,1-6H3,(H,19,20)/t13-/m1/s1. The smallest absolute Gasteiger partial charge is 0.251 e. The van der Waals surface area contributed by atoms with Crippen molar-refractivity contribution in [1.29, 1.82) is 0 Å². The summed E-state index contributed by atoms with van der Waals surface area (Å²) in [5.41, 5.74) is 0.507. The van der Waals surface area contributed by atoms with Crippen molar-refractivity contribution < 1.29 is 19.0 Å². The van der Waals surface area contributed by atoms with Crippen molar-refractivity contribution in [3.8, 4) is 17.2 Å². The molecule has 0 aliphatic carbocycles. The third-order valence-electron chi connectivity index (χ3n) is 3.53. The summed E-state index contributed by atoms with van der Waals surface area (Å²) in [7, 11) is 0. The highest BCUT2D eigenvalue weighted by atomic mass is 16.5. The van der Waals surface area contributed by atoms with E-state index in [0.717, 1.165) is 0 Å². The highest BCUT2D eigenvalue weighted by molar-refractivity contribution is 5.95. The van der Waals surface area contributed by atoms with E-state index in [1.807, 2.05) is 27.7 Å². The number of rotatable bonds is 9. The number of carbonyl (C=O) groups is 1. The third kappa shape index (κ3) is 5.34. The van der Waals surface area contributed by atoms with Gasteiger partial charge in [0.2, 0.25) is 5.75 Å². The van der Waals surface area contributed by atoms with Crippen molar-refractivity contribution >= 4 is 5.91 Å². The van der Waals surface area contributed by atoms with Gasteiger partial charge in [0, 0.05) is 11.6 Å². The van der Waals surface area contributed by atoms with Crippen LogP contribution in [-0.4, -0.2) is 31.8 Å². The molecule has 0 aromatic heterocycles. The maximum absolute atomic E-state index is 12.5. The average molecular weight is 323 g/mol. The van der Waals surface area contributed by atoms with Gasteiger partial charge in [0.05, 0.1) is 19.8 Å². The van der Waals surface area contributed by atoms with Crippen LogP contribution in [0.4, 0.5) is 0 Å². The van der Waals surface area contributed by atoms with Gasteiger partial charge in [-0.05, 0) is 45.7 Å². The molecule has 0 unspecified atom stereocenters. The molecule has 5 heteroatoms. The fourth-order valence-corrected chi connectivity index (χ4v) is 1.98. The maximum atomic E-state index is 12.5. The molecule has 0 bridgehead atoms. The molecule has 1 aromatic rings. The molecular weight excluding hydrogens is 294 g/mol. The first-order chi connectivity index (χ1) is 10.9. The molecule has 0 saturated heterocycles. The first kappa shape index (κ1) is 19.1. The van der Waals surface area contributed by atoms with Gasteiger partial charge in [-0.2, -0.15) is 0 Å². The normalized spacial score (nSPS) is 12.0. The van der Waals surface area contributed by atoms with Gasteiger partial charge < -0.3 is 19.5 Å². The number of benzene rings is 1. The first-order valence-electron chi connectivity index (χ1n) is 8.31. The molecule has 0 fully saturated rings. The summed E-state index contributed by atoms with van der Waals surface area (Å²) in [6, 6.07) is 3.50. The van der Waals surface area contributed by atoms with Crippen molar-refractivity contribution in [3.63, 3.8) is 0 Å². The Hall–Kier alpha value is -1.91. The molecule has 0 aliphatic rings. The summed E-state index contributed by atoms with van der Waals surface area (Å²) in [4.78, 5) is 12.5. The van der Waals surface area contributed by atoms with E-state index < -0.39 is 0 Å². The molecule has 130 valence electrons. The van der Waals surface area contributed by atoms with E-state index in [1.165, 1.54) is 0 Å². The molecule has 23 heavy (non-hydrogen) atoms. The molecule has 0 heterocycles. The van der Waals surface area contributed by atoms with Crippen LogP contribution in [0.15, 0.2) is 12.1 Å². The van der Waals surface area contributed by atoms with Gasteiger partial charge in [-0.15, -0.1) is 0 Å². The molecule has 1 atom stereocenters. The van der Waals surface area contributed by atoms with Gasteiger partial charge in [0.15, 0.2) is 11.5 Å². The summed E-state index contributed by atoms with van der Waals surface area (Å²) >= 11 is 0. The zero-order chi connectivity index (χ0) is 17.4. The summed E-state index contributed by atoms with van der Waals surface area (Å²) in [5.74, 6) is 1.82. The van der Waals surface area contributed by atoms with Crippen molar-refractivity contribution in [2.75, 3.05) is 19.8 Å². The van der Waals surface area contributed by atoms with Gasteiger partial charge in [-0.3, -0.25) is 4.79 Å². The van der Waals surface area contributed by atoms with Crippen LogP contribution < -0.4 is 19.5 Å². The molecule has 1 aromatic carbocycles. The lowest BCUT2D eigenvalue weighted by atomic mass is 10.1. The Morgan fingerprint density at radius 3 is 1.83 bits per heavy atom. The van der Waals surface area contributed by atoms with E-state index in [-0.39, 0.29) is 11.9 Å². The highest BCUT2D eigenvalue weighted by Gasteiger charge is 2.19. The van der Waals surface area contributed by atoms with Gasteiger partial charge in [-0.25, -0.2) is 0 Å². The Kier molecular flexibility index (Phi) is 7.72. The Labute approximate surface area is 139 Å². The second-order valence-electron chi connectivity index (χ2n) is 5.61. The largest absolute Gasteiger partial charge is 0.490 e. The fourth-order valence-electron chi connectivity index (χ4n) is 1.98. The second-order valence-corrected chi connectivity index (χ2v) is 5.61. The van der Waals surface area contributed by atoms with E-state index in [1.54, 1.807) is 12.1 Å². The molecular formula is C18H29NO4. The lowest BCUT2D eigenvalue weighted by molar-refractivity contribution is 0.0929. The Balaban J connectivity index is 3.19. The van der Waals surface area contributed by atoms with E-state index in [4.69, 9.17) is 14.2 Å². The van der Waals surface area contributed by atoms with Gasteiger partial charge in [0.25, 0.3) is 5.91 Å². The van der Waals surface area contributed by atoms with E-state index in [0.29, 0.717) is 48.6 Å². The summed E-state index contributed by atoms with van der Waals surface area (Å²) in [6.07, 6.45) is 0. The molecule has 0 radical (unpaired) electrons. The van der Waals surface area contributed by atoms with Crippen LogP contribution in [0.5, 0.6) is 17.2 Å². The molecule has 0 spiro atoms. The Bertz CT molecular complexity index is 487. The number of nitrogens with one attached hydrogen (secondary N) is 1. The number of hydrogen-bond donors (Lipinski definition) is 1. The topological polar surface area (TPSA) is 56.8 Å². The Morgan fingerprint density at radius 1 is 0.957 bits per heavy atom. The number of carbonyl (C=O) groups excluding carboxylic acids is 1. The van der Waals surface area contributed by atoms with Gasteiger partial charge in [-0.1, -0.05) is 13.8 Å². The third-order valence-corrected chi connectivity index (χ3v) is 3.53. The molecule has 5 nitrogen and oxygen atoms in total. The van der Waals surface area contributed by atoms with Crippen molar-refractivity contribution in [2.24, 2.45) is 5.92 Å². The quantitative estimate of drug-likeness (QED) is 0.753. The summed E-state index contributed by atoms with van der Waals surface area (Å²) in [6.45, 7) is 13.3. The molecule has 1 N–H and O–H groups in total. The van der Waals surface area contributed by atoms with Crippen LogP contribution in [0, 0.1) is 5.92 Å². The lowest BCUT2D eigenvalue weighted by Gasteiger charge is -2.20. The minimum Gasteiger partial charge on any atom is -0.490 e. The predicted octanol–water partition coefficient (Wildman–Crippen LogP) is 3.66. The molecule has 1 rings (SSSR count). The summed E-state index contributed by atoms with van der Waals surface area (Å²) < 4.78 is 16.9. The van der Waals surface area contributed by atoms with Crippen LogP contribution in [0.3, 0.4) is 0 Å². The number of amides is 1. The van der Waals surface area contributed by atoms with Crippen LogP contribution >= 0.6 is 0 Å². The molecule has 0 aliphatic heterocycles. The fraction of sp³-hybridized carbons (Fsp3) is 0.611. The van der Waals surface area contributed by atoms with E-state index in [2.05, 4.69) is 19.2 Å². The first-order valence-corrected chi connectivity index (χ1v) is 8.31. The van der Waals surface area contributed by atoms with Crippen LogP contribution in [0.1, 0.15) is 51.9 Å². The summed E-state index contributed by atoms with van der Waals surface area (Å²) in [5, 5.41) is 2.99. The zero-order valence-electron chi connectivity index (χ0n) is 15.1. The minimum atomic E-state index is -0.142. The zero-order valence-corrected chi connectivity index (χ0v) is 15.1. The highest BCUT2D eigenvalue weighted by Crippen LogP contribution is 2.39. The van der Waals surface area contributed by atoms with Crippen molar-refractivity contribution in [1.82, 2.24) is 5.32 Å². The van der Waals surface area contributed by atoms with Gasteiger partial charge >= 0.3 is 0 Å².